The first-order chi connectivity index (χ1) is 8.70. The molecule has 0 bridgehead atoms. The van der Waals surface area contributed by atoms with Gasteiger partial charge in [-0.1, -0.05) is 12.1 Å². The molecule has 0 aliphatic rings. The van der Waals surface area contributed by atoms with Crippen LogP contribution in [0.4, 0.5) is 0 Å². The number of rotatable bonds is 4. The topological polar surface area (TPSA) is 56.1 Å². The Morgan fingerprint density at radius 3 is 2.72 bits per heavy atom. The molecule has 18 heavy (non-hydrogen) atoms. The van der Waals surface area contributed by atoms with Gasteiger partial charge >= 0.3 is 5.56 Å². The van der Waals surface area contributed by atoms with E-state index in [-0.39, 0.29) is 11.4 Å². The summed E-state index contributed by atoms with van der Waals surface area (Å²) < 4.78 is 6.89. The van der Waals surface area contributed by atoms with Gasteiger partial charge in [-0.3, -0.25) is 4.79 Å². The molecule has 2 aromatic rings. The number of ether oxygens (including phenoxy) is 1. The number of hydrogen-bond acceptors (Lipinski definition) is 4. The Morgan fingerprint density at radius 1 is 1.33 bits per heavy atom. The first-order valence-electron chi connectivity index (χ1n) is 5.64. The summed E-state index contributed by atoms with van der Waals surface area (Å²) in [5.41, 5.74) is 0.899. The fourth-order valence-electron chi connectivity index (χ4n) is 1.54. The number of hydrogen-bond donors (Lipinski definition) is 1. The van der Waals surface area contributed by atoms with Crippen molar-refractivity contribution in [2.75, 3.05) is 7.05 Å². The average molecular weight is 245 g/mol. The van der Waals surface area contributed by atoms with E-state index in [0.29, 0.717) is 5.75 Å². The van der Waals surface area contributed by atoms with Crippen molar-refractivity contribution < 1.29 is 4.74 Å². The monoisotopic (exact) mass is 245 g/mol. The lowest BCUT2D eigenvalue weighted by molar-refractivity contribution is 0.448. The van der Waals surface area contributed by atoms with Crippen molar-refractivity contribution in [2.45, 2.75) is 6.54 Å². The first kappa shape index (κ1) is 12.3. The van der Waals surface area contributed by atoms with Crippen LogP contribution in [0.25, 0.3) is 0 Å². The minimum atomic E-state index is -0.253. The van der Waals surface area contributed by atoms with Gasteiger partial charge in [-0.25, -0.2) is 4.98 Å². The quantitative estimate of drug-likeness (QED) is 0.882. The normalized spacial score (nSPS) is 10.3. The molecular formula is C13H15N3O2. The van der Waals surface area contributed by atoms with Crippen LogP contribution < -0.4 is 15.6 Å². The van der Waals surface area contributed by atoms with E-state index in [2.05, 4.69) is 10.3 Å². The Bertz CT molecular complexity index is 576. The molecule has 1 aromatic heterocycles. The van der Waals surface area contributed by atoms with Crippen LogP contribution in [0.3, 0.4) is 0 Å². The van der Waals surface area contributed by atoms with Gasteiger partial charge in [0.15, 0.2) is 0 Å². The van der Waals surface area contributed by atoms with Crippen LogP contribution in [0, 0.1) is 0 Å². The Hall–Kier alpha value is -2.14. The number of aryl methyl sites for hydroxylation is 1. The number of nitrogens with one attached hydrogen (secondary N) is 1. The molecule has 0 aliphatic heterocycles. The van der Waals surface area contributed by atoms with Crippen LogP contribution in [-0.4, -0.2) is 16.6 Å². The number of aromatic nitrogens is 2. The molecule has 0 spiro atoms. The van der Waals surface area contributed by atoms with Crippen LogP contribution in [0.15, 0.2) is 41.5 Å². The Balaban J connectivity index is 2.18. The number of benzene rings is 1. The molecule has 0 aliphatic carbocycles. The largest absolute Gasteiger partial charge is 0.435 e. The highest BCUT2D eigenvalue weighted by Gasteiger charge is 2.05. The summed E-state index contributed by atoms with van der Waals surface area (Å²) >= 11 is 0. The highest BCUT2D eigenvalue weighted by Crippen LogP contribution is 2.16. The second-order valence-corrected chi connectivity index (χ2v) is 3.92. The van der Waals surface area contributed by atoms with Gasteiger partial charge in [0.25, 0.3) is 5.88 Å². The molecule has 5 heteroatoms. The molecule has 1 N–H and O–H groups in total. The minimum Gasteiger partial charge on any atom is -0.435 e. The van der Waals surface area contributed by atoms with E-state index < -0.39 is 0 Å². The summed E-state index contributed by atoms with van der Waals surface area (Å²) in [5, 5.41) is 3.06. The zero-order valence-electron chi connectivity index (χ0n) is 10.4. The lowest BCUT2D eigenvalue weighted by atomic mass is 10.2. The van der Waals surface area contributed by atoms with Crippen molar-refractivity contribution in [3.63, 3.8) is 0 Å². The molecule has 2 rings (SSSR count). The van der Waals surface area contributed by atoms with Gasteiger partial charge in [0.1, 0.15) is 5.75 Å². The maximum atomic E-state index is 11.7. The highest BCUT2D eigenvalue weighted by atomic mass is 16.5. The Labute approximate surface area is 105 Å². The van der Waals surface area contributed by atoms with E-state index in [1.54, 1.807) is 13.2 Å². The molecule has 0 unspecified atom stereocenters. The second-order valence-electron chi connectivity index (χ2n) is 3.92. The van der Waals surface area contributed by atoms with Crippen LogP contribution in [0.2, 0.25) is 0 Å². The van der Waals surface area contributed by atoms with Crippen LogP contribution in [-0.2, 0) is 13.6 Å². The standard InChI is InChI=1S/C13H15N3O2/c1-14-9-10-3-5-11(6-4-10)18-12-13(17)16(2)8-7-15-12/h3-8,14H,9H2,1-2H3. The predicted molar refractivity (Wildman–Crippen MR) is 68.8 cm³/mol. The van der Waals surface area contributed by atoms with Crippen molar-refractivity contribution in [1.82, 2.24) is 14.9 Å². The third-order valence-electron chi connectivity index (χ3n) is 2.50. The molecule has 0 saturated heterocycles. The molecule has 0 atom stereocenters. The van der Waals surface area contributed by atoms with Crippen molar-refractivity contribution >= 4 is 0 Å². The second kappa shape index (κ2) is 5.46. The molecule has 5 nitrogen and oxygen atoms in total. The third-order valence-corrected chi connectivity index (χ3v) is 2.50. The lowest BCUT2D eigenvalue weighted by Crippen LogP contribution is -2.18. The SMILES string of the molecule is CNCc1ccc(Oc2nccn(C)c2=O)cc1. The van der Waals surface area contributed by atoms with Crippen molar-refractivity contribution in [3.05, 3.63) is 52.6 Å². The molecule has 0 saturated carbocycles. The molecule has 1 heterocycles. The predicted octanol–water partition coefficient (Wildman–Crippen LogP) is 1.29. The van der Waals surface area contributed by atoms with Crippen LogP contribution in [0.1, 0.15) is 5.56 Å². The van der Waals surface area contributed by atoms with Gasteiger partial charge in [0.05, 0.1) is 0 Å². The van der Waals surface area contributed by atoms with Crippen LogP contribution >= 0.6 is 0 Å². The number of nitrogens with zero attached hydrogens (tertiary/aromatic N) is 2. The van der Waals surface area contributed by atoms with Crippen molar-refractivity contribution in [1.29, 1.82) is 0 Å². The van der Waals surface area contributed by atoms with E-state index in [0.717, 1.165) is 12.1 Å². The Morgan fingerprint density at radius 2 is 2.06 bits per heavy atom. The lowest BCUT2D eigenvalue weighted by Gasteiger charge is -2.06. The van der Waals surface area contributed by atoms with Gasteiger partial charge in [-0.15, -0.1) is 0 Å². The van der Waals surface area contributed by atoms with Crippen LogP contribution in [0.5, 0.6) is 11.6 Å². The van der Waals surface area contributed by atoms with E-state index in [4.69, 9.17) is 4.74 Å². The molecule has 1 aromatic carbocycles. The smallest absolute Gasteiger partial charge is 0.313 e. The molecule has 94 valence electrons. The van der Waals surface area contributed by atoms with E-state index >= 15 is 0 Å². The third kappa shape index (κ3) is 2.75. The fraction of sp³-hybridized carbons (Fsp3) is 0.231. The molecular weight excluding hydrogens is 230 g/mol. The maximum Gasteiger partial charge on any atom is 0.313 e. The van der Waals surface area contributed by atoms with Gasteiger partial charge in [0, 0.05) is 26.0 Å². The summed E-state index contributed by atoms with van der Waals surface area (Å²) in [6.45, 7) is 0.797. The maximum absolute atomic E-state index is 11.7. The summed E-state index contributed by atoms with van der Waals surface area (Å²) in [5.74, 6) is 0.687. The zero-order valence-corrected chi connectivity index (χ0v) is 10.4. The summed E-state index contributed by atoms with van der Waals surface area (Å²) in [7, 11) is 3.55. The molecule has 0 amide bonds. The summed E-state index contributed by atoms with van der Waals surface area (Å²) in [6, 6.07) is 7.53. The van der Waals surface area contributed by atoms with E-state index in [1.807, 2.05) is 31.3 Å². The van der Waals surface area contributed by atoms with E-state index in [1.165, 1.54) is 10.8 Å². The van der Waals surface area contributed by atoms with E-state index in [9.17, 15) is 4.79 Å². The average Bonchev–Trinajstić information content (AvgIpc) is 2.38. The highest BCUT2D eigenvalue weighted by molar-refractivity contribution is 5.29. The summed E-state index contributed by atoms with van der Waals surface area (Å²) in [4.78, 5) is 15.6. The first-order valence-corrected chi connectivity index (χ1v) is 5.64. The molecule has 0 fully saturated rings. The van der Waals surface area contributed by atoms with Gasteiger partial charge in [-0.2, -0.15) is 0 Å². The summed E-state index contributed by atoms with van der Waals surface area (Å²) in [6.07, 6.45) is 3.12. The minimum absolute atomic E-state index is 0.0846. The Kier molecular flexibility index (Phi) is 3.74. The van der Waals surface area contributed by atoms with Gasteiger partial charge in [-0.05, 0) is 24.7 Å². The van der Waals surface area contributed by atoms with Gasteiger partial charge < -0.3 is 14.6 Å². The molecule has 0 radical (unpaired) electrons. The van der Waals surface area contributed by atoms with Gasteiger partial charge in [0.2, 0.25) is 0 Å². The fourth-order valence-corrected chi connectivity index (χ4v) is 1.54. The van der Waals surface area contributed by atoms with Crippen molar-refractivity contribution in [3.8, 4) is 11.6 Å². The zero-order chi connectivity index (χ0) is 13.0. The van der Waals surface area contributed by atoms with Crippen molar-refractivity contribution in [2.24, 2.45) is 7.05 Å².